The van der Waals surface area contributed by atoms with Gasteiger partial charge in [0.05, 0.1) is 36.2 Å². The first-order valence-corrected chi connectivity index (χ1v) is 16.6. The van der Waals surface area contributed by atoms with Crippen LogP contribution < -0.4 is 9.47 Å². The van der Waals surface area contributed by atoms with E-state index in [1.54, 1.807) is 13.8 Å². The molecule has 0 radical (unpaired) electrons. The Hall–Kier alpha value is -3.24. The molecule has 12 unspecified atom stereocenters. The van der Waals surface area contributed by atoms with Crippen LogP contribution in [0.3, 0.4) is 0 Å². The summed E-state index contributed by atoms with van der Waals surface area (Å²) in [6, 6.07) is 2.74. The summed E-state index contributed by atoms with van der Waals surface area (Å²) in [5.41, 5.74) is -4.80. The Bertz CT molecular complexity index is 1830. The van der Waals surface area contributed by atoms with Gasteiger partial charge in [0.2, 0.25) is 11.9 Å². The first-order valence-electron chi connectivity index (χ1n) is 16.6. The Morgan fingerprint density at radius 2 is 1.73 bits per heavy atom. The van der Waals surface area contributed by atoms with Gasteiger partial charge in [0.15, 0.2) is 24.0 Å². The van der Waals surface area contributed by atoms with Gasteiger partial charge < -0.3 is 78.7 Å². The Morgan fingerprint density at radius 1 is 1.06 bits per heavy atom. The number of ketones is 1. The predicted molar refractivity (Wildman–Crippen MR) is 168 cm³/mol. The maximum absolute atomic E-state index is 13.7. The van der Waals surface area contributed by atoms with Crippen molar-refractivity contribution in [3.8, 4) is 17.2 Å². The van der Waals surface area contributed by atoms with Crippen LogP contribution in [0, 0.1) is 11.3 Å². The Morgan fingerprint density at radius 3 is 2.33 bits per heavy atom. The molecule has 2 aromatic rings. The largest absolute Gasteiger partial charge is 0.506 e. The number of ether oxygens (including phenoxy) is 8. The molecule has 2 aromatic carbocycles. The molecule has 5 aliphatic rings. The van der Waals surface area contributed by atoms with E-state index in [-0.39, 0.29) is 40.5 Å². The molecule has 0 amide bonds. The lowest BCUT2D eigenvalue weighted by Gasteiger charge is -2.57. The van der Waals surface area contributed by atoms with Crippen molar-refractivity contribution in [3.63, 3.8) is 0 Å². The number of esters is 1. The van der Waals surface area contributed by atoms with Gasteiger partial charge in [0.1, 0.15) is 35.6 Å². The lowest BCUT2D eigenvalue weighted by Crippen LogP contribution is -2.72. The Labute approximate surface area is 295 Å². The zero-order chi connectivity index (χ0) is 38.1. The van der Waals surface area contributed by atoms with Crippen LogP contribution in [0.5, 0.6) is 17.2 Å². The van der Waals surface area contributed by atoms with E-state index >= 15 is 0 Å². The van der Waals surface area contributed by atoms with Gasteiger partial charge in [0.25, 0.3) is 11.6 Å². The molecule has 3 aliphatic heterocycles. The van der Waals surface area contributed by atoms with Gasteiger partial charge in [-0.05, 0) is 6.07 Å². The second kappa shape index (κ2) is 11.9. The number of carbonyl (C=O) groups excluding carboxylic acids is 2. The molecular weight excluding hydrogens is 696 g/mol. The summed E-state index contributed by atoms with van der Waals surface area (Å²) in [6.07, 6.45) is -10.7. The van der Waals surface area contributed by atoms with E-state index in [1.807, 2.05) is 0 Å². The number of aromatic hydroxyl groups is 1. The Balaban J connectivity index is 1.34. The molecule has 18 nitrogen and oxygen atoms in total. The molecule has 0 spiro atoms. The molecule has 8 N–H and O–H groups in total. The lowest BCUT2D eigenvalue weighted by molar-refractivity contribution is -0.378. The average Bonchev–Trinajstić information content (AvgIpc) is 3.43. The van der Waals surface area contributed by atoms with Crippen molar-refractivity contribution in [2.45, 2.75) is 99.7 Å². The normalized spacial score (nSPS) is 41.9. The molecule has 1 saturated carbocycles. The predicted octanol–water partition coefficient (Wildman–Crippen LogP) is -0.874. The van der Waals surface area contributed by atoms with Crippen LogP contribution in [-0.4, -0.2) is 134 Å². The minimum Gasteiger partial charge on any atom is -0.506 e. The van der Waals surface area contributed by atoms with E-state index in [4.69, 9.17) is 37.9 Å². The van der Waals surface area contributed by atoms with Crippen LogP contribution in [0.15, 0.2) is 12.1 Å². The highest BCUT2D eigenvalue weighted by molar-refractivity contribution is 6.13. The fourth-order valence-electron chi connectivity index (χ4n) is 9.01. The second-order valence-corrected chi connectivity index (χ2v) is 14.3. The third kappa shape index (κ3) is 4.37. The minimum absolute atomic E-state index is 0.00809. The molecule has 52 heavy (non-hydrogen) atoms. The highest BCUT2D eigenvalue weighted by Crippen LogP contribution is 2.65. The number of hydrogen-bond donors (Lipinski definition) is 8. The maximum Gasteiger partial charge on any atom is 0.302 e. The van der Waals surface area contributed by atoms with Crippen LogP contribution in [0.25, 0.3) is 10.8 Å². The molecule has 12 atom stereocenters. The smallest absolute Gasteiger partial charge is 0.302 e. The SMILES string of the molecule is COc1c2c(c(O)c3c4c(ccc13)C(O)C1OC(O)(C(OC)OC)C(O)(CO)C1(O)O4)C(=O)C(O)CC2OC1CC2(C)C(OC(C)=O)C(C)C2(O)O1. The summed E-state index contributed by atoms with van der Waals surface area (Å²) in [6.45, 7) is 3.19. The first kappa shape index (κ1) is 37.1. The molecular formula is C34H42O18. The molecule has 0 aromatic heterocycles. The van der Waals surface area contributed by atoms with E-state index in [2.05, 4.69) is 0 Å². The lowest BCUT2D eigenvalue weighted by atomic mass is 9.55. The van der Waals surface area contributed by atoms with E-state index < -0.39 is 113 Å². The number of phenolic OH excluding ortho intramolecular Hbond substituents is 1. The second-order valence-electron chi connectivity index (χ2n) is 14.3. The summed E-state index contributed by atoms with van der Waals surface area (Å²) in [4.78, 5) is 25.4. The summed E-state index contributed by atoms with van der Waals surface area (Å²) >= 11 is 0. The number of aliphatic hydroxyl groups is 7. The van der Waals surface area contributed by atoms with Gasteiger partial charge >= 0.3 is 5.97 Å². The molecule has 2 aliphatic carbocycles. The first-order chi connectivity index (χ1) is 24.3. The van der Waals surface area contributed by atoms with E-state index in [0.717, 1.165) is 14.2 Å². The molecule has 3 heterocycles. The van der Waals surface area contributed by atoms with Crippen LogP contribution in [0.2, 0.25) is 0 Å². The van der Waals surface area contributed by atoms with Crippen molar-refractivity contribution in [2.75, 3.05) is 27.9 Å². The van der Waals surface area contributed by atoms with Gasteiger partial charge in [0, 0.05) is 56.4 Å². The monoisotopic (exact) mass is 738 g/mol. The highest BCUT2D eigenvalue weighted by Gasteiger charge is 2.81. The number of benzene rings is 2. The van der Waals surface area contributed by atoms with Crippen molar-refractivity contribution in [3.05, 3.63) is 28.8 Å². The van der Waals surface area contributed by atoms with Crippen molar-refractivity contribution in [1.82, 2.24) is 0 Å². The van der Waals surface area contributed by atoms with Crippen LogP contribution >= 0.6 is 0 Å². The van der Waals surface area contributed by atoms with Gasteiger partial charge in [-0.25, -0.2) is 0 Å². The summed E-state index contributed by atoms with van der Waals surface area (Å²) in [5, 5.41) is 91.0. The van der Waals surface area contributed by atoms with Crippen LogP contribution in [-0.2, 0) is 33.2 Å². The number of carbonyl (C=O) groups is 2. The molecule has 2 saturated heterocycles. The molecule has 18 heteroatoms. The zero-order valence-corrected chi connectivity index (χ0v) is 29.1. The summed E-state index contributed by atoms with van der Waals surface area (Å²) in [5.74, 6) is -11.3. The molecule has 0 bridgehead atoms. The average molecular weight is 739 g/mol. The van der Waals surface area contributed by atoms with Crippen molar-refractivity contribution in [2.24, 2.45) is 11.3 Å². The van der Waals surface area contributed by atoms with Gasteiger partial charge in [-0.1, -0.05) is 19.9 Å². The summed E-state index contributed by atoms with van der Waals surface area (Å²) < 4.78 is 45.1. The molecule has 3 fully saturated rings. The van der Waals surface area contributed by atoms with Gasteiger partial charge in [-0.15, -0.1) is 0 Å². The van der Waals surface area contributed by atoms with E-state index in [1.165, 1.54) is 26.2 Å². The van der Waals surface area contributed by atoms with Crippen LogP contribution in [0.1, 0.15) is 67.3 Å². The zero-order valence-electron chi connectivity index (χ0n) is 29.1. The Kier molecular flexibility index (Phi) is 8.47. The fourth-order valence-corrected chi connectivity index (χ4v) is 9.01. The standard InChI is InChI=1S/C34H42O18/c1-12-27(48-13(2)36)30(3)10-18(50-32(12,30)42)49-17-9-16(37)23(39)21-20(17)25(45-4)14-7-8-15-22(38)28-33(43,51-26(15)19(14)24(21)40)31(41,11-35)34(44,52-28)29(46-5)47-6/h7-8,12,16-18,22,27-29,35,37-38,40-44H,9-11H2,1-6H3. The van der Waals surface area contributed by atoms with E-state index in [0.29, 0.717) is 0 Å². The van der Waals surface area contributed by atoms with Crippen molar-refractivity contribution >= 4 is 22.5 Å². The number of methoxy groups -OCH3 is 3. The number of aliphatic hydroxyl groups excluding tert-OH is 3. The third-order valence-corrected chi connectivity index (χ3v) is 11.7. The van der Waals surface area contributed by atoms with Crippen molar-refractivity contribution < 1.29 is 88.3 Å². The third-order valence-electron chi connectivity index (χ3n) is 11.7. The van der Waals surface area contributed by atoms with E-state index in [9.17, 15) is 50.4 Å². The fraction of sp³-hybridized carbons (Fsp3) is 0.647. The maximum atomic E-state index is 13.7. The molecule has 286 valence electrons. The number of rotatable bonds is 8. The number of phenols is 1. The minimum atomic E-state index is -3.16. The highest BCUT2D eigenvalue weighted by atomic mass is 16.8. The number of hydrogen-bond acceptors (Lipinski definition) is 18. The topological polar surface area (TPSA) is 270 Å². The number of Topliss-reactive ketones (excluding diaryl/α,β-unsaturated/α-hetero) is 1. The summed E-state index contributed by atoms with van der Waals surface area (Å²) in [7, 11) is 3.43. The van der Waals surface area contributed by atoms with Gasteiger partial charge in [-0.3, -0.25) is 9.59 Å². The van der Waals surface area contributed by atoms with Gasteiger partial charge in [-0.2, -0.15) is 0 Å². The molecule has 7 rings (SSSR count). The van der Waals surface area contributed by atoms with Crippen molar-refractivity contribution in [1.29, 1.82) is 0 Å². The number of fused-ring (bicyclic) bond motifs is 6. The quantitative estimate of drug-likeness (QED) is 0.121. The van der Waals surface area contributed by atoms with Crippen LogP contribution in [0.4, 0.5) is 0 Å².